The lowest BCUT2D eigenvalue weighted by Gasteiger charge is -2.08. The summed E-state index contributed by atoms with van der Waals surface area (Å²) >= 11 is 0. The molecule has 0 fully saturated rings. The third-order valence-electron chi connectivity index (χ3n) is 3.71. The van der Waals surface area contributed by atoms with Crippen LogP contribution in [-0.4, -0.2) is 38.0 Å². The van der Waals surface area contributed by atoms with E-state index in [1.807, 2.05) is 55.5 Å². The van der Waals surface area contributed by atoms with Crippen molar-refractivity contribution in [2.24, 2.45) is 0 Å². The topological polar surface area (TPSA) is 44.4 Å². The molecule has 0 unspecified atom stereocenters. The molecule has 1 aromatic carbocycles. The smallest absolute Gasteiger partial charge is 0.248 e. The van der Waals surface area contributed by atoms with E-state index in [-0.39, 0.29) is 5.91 Å². The van der Waals surface area contributed by atoms with Crippen LogP contribution in [0.4, 0.5) is 5.69 Å². The summed E-state index contributed by atoms with van der Waals surface area (Å²) in [6, 6.07) is 7.74. The lowest BCUT2D eigenvalue weighted by molar-refractivity contribution is -0.111. The maximum atomic E-state index is 11.9. The number of hydrogen-bond donors (Lipinski definition) is 2. The summed E-state index contributed by atoms with van der Waals surface area (Å²) < 4.78 is 0. The molecule has 0 aromatic heterocycles. The Kier molecular flexibility index (Phi) is 6.15. The Balaban J connectivity index is 2.03. The average molecular weight is 323 g/mol. The molecule has 0 saturated carbocycles. The second kappa shape index (κ2) is 8.31. The number of nitrogens with one attached hydrogen (secondary N) is 2. The number of carbonyl (C=O) groups is 1. The van der Waals surface area contributed by atoms with Crippen LogP contribution in [0, 0.1) is 0 Å². The van der Waals surface area contributed by atoms with E-state index >= 15 is 0 Å². The molecule has 0 saturated heterocycles. The minimum absolute atomic E-state index is 0.128. The molecule has 0 bridgehead atoms. The standard InChI is InChI=1S/C20H25N3O/c1-15(11-18-14-21-13-16(18)2)17-7-5-8-19(12-17)22-20(24)9-6-10-23(3)4/h5-9,11-13,21H,1,10,14H2,2-4H3,(H,22,24)/b9-6+,18-11+. The van der Waals surface area contributed by atoms with Gasteiger partial charge in [-0.15, -0.1) is 0 Å². The van der Waals surface area contributed by atoms with Gasteiger partial charge < -0.3 is 15.5 Å². The van der Waals surface area contributed by atoms with Crippen LogP contribution in [0.3, 0.4) is 0 Å². The third-order valence-corrected chi connectivity index (χ3v) is 3.71. The molecule has 24 heavy (non-hydrogen) atoms. The summed E-state index contributed by atoms with van der Waals surface area (Å²) in [4.78, 5) is 13.9. The molecule has 126 valence electrons. The van der Waals surface area contributed by atoms with E-state index in [9.17, 15) is 4.79 Å². The van der Waals surface area contributed by atoms with Gasteiger partial charge in [0, 0.05) is 24.9 Å². The largest absolute Gasteiger partial charge is 0.387 e. The van der Waals surface area contributed by atoms with E-state index in [1.165, 1.54) is 11.1 Å². The maximum Gasteiger partial charge on any atom is 0.248 e. The number of benzene rings is 1. The summed E-state index contributed by atoms with van der Waals surface area (Å²) in [5.41, 5.74) is 5.16. The first-order chi connectivity index (χ1) is 11.5. The minimum atomic E-state index is -0.128. The molecule has 2 rings (SSSR count). The van der Waals surface area contributed by atoms with E-state index in [1.54, 1.807) is 6.08 Å². The molecule has 0 atom stereocenters. The molecule has 1 aliphatic rings. The second-order valence-corrected chi connectivity index (χ2v) is 6.14. The number of rotatable bonds is 6. The highest BCUT2D eigenvalue weighted by molar-refractivity contribution is 5.99. The zero-order chi connectivity index (χ0) is 17.5. The molecular weight excluding hydrogens is 298 g/mol. The molecule has 1 heterocycles. The minimum Gasteiger partial charge on any atom is -0.387 e. The lowest BCUT2D eigenvalue weighted by atomic mass is 10.0. The summed E-state index contributed by atoms with van der Waals surface area (Å²) in [7, 11) is 3.92. The highest BCUT2D eigenvalue weighted by atomic mass is 16.1. The van der Waals surface area contributed by atoms with Crippen molar-refractivity contribution in [3.05, 3.63) is 72.0 Å². The molecule has 4 heteroatoms. The van der Waals surface area contributed by atoms with Gasteiger partial charge in [-0.05, 0) is 67.7 Å². The van der Waals surface area contributed by atoms with E-state index in [2.05, 4.69) is 30.2 Å². The fourth-order valence-electron chi connectivity index (χ4n) is 2.36. The van der Waals surface area contributed by atoms with Gasteiger partial charge in [-0.2, -0.15) is 0 Å². The Bertz CT molecular complexity index is 711. The zero-order valence-corrected chi connectivity index (χ0v) is 14.6. The monoisotopic (exact) mass is 323 g/mol. The Morgan fingerprint density at radius 1 is 1.42 bits per heavy atom. The van der Waals surface area contributed by atoms with Crippen molar-refractivity contribution in [1.82, 2.24) is 10.2 Å². The number of amides is 1. The number of nitrogens with zero attached hydrogens (tertiary/aromatic N) is 1. The number of allylic oxidation sites excluding steroid dienone is 2. The Labute approximate surface area is 144 Å². The molecule has 0 radical (unpaired) electrons. The maximum absolute atomic E-state index is 11.9. The van der Waals surface area contributed by atoms with E-state index < -0.39 is 0 Å². The van der Waals surface area contributed by atoms with Crippen molar-refractivity contribution in [1.29, 1.82) is 0 Å². The van der Waals surface area contributed by atoms with Crippen molar-refractivity contribution < 1.29 is 4.79 Å². The predicted octanol–water partition coefficient (Wildman–Crippen LogP) is 3.19. The fourth-order valence-corrected chi connectivity index (χ4v) is 2.36. The first kappa shape index (κ1) is 17.8. The Hall–Kier alpha value is -2.59. The van der Waals surface area contributed by atoms with Gasteiger partial charge in [0.25, 0.3) is 0 Å². The summed E-state index contributed by atoms with van der Waals surface area (Å²) in [5, 5.41) is 6.09. The van der Waals surface area contributed by atoms with Gasteiger partial charge in [-0.1, -0.05) is 24.8 Å². The molecule has 1 aliphatic heterocycles. The van der Waals surface area contributed by atoms with Gasteiger partial charge in [-0.25, -0.2) is 0 Å². The van der Waals surface area contributed by atoms with Gasteiger partial charge in [0.15, 0.2) is 0 Å². The molecule has 1 aromatic rings. The zero-order valence-electron chi connectivity index (χ0n) is 14.6. The molecule has 0 spiro atoms. The molecular formula is C20H25N3O. The van der Waals surface area contributed by atoms with Crippen LogP contribution in [0.2, 0.25) is 0 Å². The number of hydrogen-bond acceptors (Lipinski definition) is 3. The van der Waals surface area contributed by atoms with E-state index in [0.29, 0.717) is 0 Å². The van der Waals surface area contributed by atoms with Crippen molar-refractivity contribution >= 4 is 17.2 Å². The van der Waals surface area contributed by atoms with Crippen LogP contribution >= 0.6 is 0 Å². The van der Waals surface area contributed by atoms with Crippen LogP contribution in [0.25, 0.3) is 5.57 Å². The van der Waals surface area contributed by atoms with Crippen LogP contribution in [0.5, 0.6) is 0 Å². The summed E-state index contributed by atoms with van der Waals surface area (Å²) in [6.07, 6.45) is 7.49. The van der Waals surface area contributed by atoms with Crippen LogP contribution in [-0.2, 0) is 4.79 Å². The van der Waals surface area contributed by atoms with Crippen molar-refractivity contribution in [2.75, 3.05) is 32.5 Å². The Morgan fingerprint density at radius 3 is 2.88 bits per heavy atom. The number of anilines is 1. The molecule has 4 nitrogen and oxygen atoms in total. The number of likely N-dealkylation sites (N-methyl/N-ethyl adjacent to an activating group) is 1. The van der Waals surface area contributed by atoms with Crippen LogP contribution < -0.4 is 10.6 Å². The molecule has 2 N–H and O–H groups in total. The van der Waals surface area contributed by atoms with Crippen molar-refractivity contribution in [3.8, 4) is 0 Å². The first-order valence-electron chi connectivity index (χ1n) is 7.98. The van der Waals surface area contributed by atoms with Gasteiger partial charge >= 0.3 is 0 Å². The third kappa shape index (κ3) is 5.25. The summed E-state index contributed by atoms with van der Waals surface area (Å²) in [5.74, 6) is -0.128. The molecule has 0 aliphatic carbocycles. The van der Waals surface area contributed by atoms with Gasteiger partial charge in [0.05, 0.1) is 0 Å². The van der Waals surface area contributed by atoms with Crippen LogP contribution in [0.15, 0.2) is 66.4 Å². The summed E-state index contributed by atoms with van der Waals surface area (Å²) in [6.45, 7) is 7.79. The first-order valence-corrected chi connectivity index (χ1v) is 7.98. The van der Waals surface area contributed by atoms with Gasteiger partial charge in [-0.3, -0.25) is 4.79 Å². The number of carbonyl (C=O) groups excluding carboxylic acids is 1. The SMILES string of the molecule is C=C(/C=C1\CNC=C1C)c1cccc(NC(=O)/C=C/CN(C)C)c1. The quantitative estimate of drug-likeness (QED) is 0.790. The van der Waals surface area contributed by atoms with Crippen molar-refractivity contribution in [2.45, 2.75) is 6.92 Å². The molecule has 1 amide bonds. The average Bonchev–Trinajstić information content (AvgIpc) is 2.92. The Morgan fingerprint density at radius 2 is 2.21 bits per heavy atom. The van der Waals surface area contributed by atoms with Gasteiger partial charge in [0.1, 0.15) is 0 Å². The van der Waals surface area contributed by atoms with E-state index in [0.717, 1.165) is 29.9 Å². The normalized spacial score (nSPS) is 15.7. The highest BCUT2D eigenvalue weighted by Crippen LogP contribution is 2.22. The van der Waals surface area contributed by atoms with Gasteiger partial charge in [0.2, 0.25) is 5.91 Å². The second-order valence-electron chi connectivity index (χ2n) is 6.14. The lowest BCUT2D eigenvalue weighted by Crippen LogP contribution is -2.12. The fraction of sp³-hybridized carbons (Fsp3) is 0.250. The highest BCUT2D eigenvalue weighted by Gasteiger charge is 2.07. The predicted molar refractivity (Wildman–Crippen MR) is 102 cm³/mol. The van der Waals surface area contributed by atoms with E-state index in [4.69, 9.17) is 0 Å². The van der Waals surface area contributed by atoms with Crippen molar-refractivity contribution in [3.63, 3.8) is 0 Å². The van der Waals surface area contributed by atoms with Crippen LogP contribution in [0.1, 0.15) is 12.5 Å².